The summed E-state index contributed by atoms with van der Waals surface area (Å²) in [4.78, 5) is 34.5. The number of nitrogens with one attached hydrogen (secondary N) is 2. The molecule has 1 aromatic carbocycles. The van der Waals surface area contributed by atoms with Gasteiger partial charge in [0.2, 0.25) is 17.7 Å². The van der Waals surface area contributed by atoms with Gasteiger partial charge in [-0.25, -0.2) is 0 Å². The summed E-state index contributed by atoms with van der Waals surface area (Å²) >= 11 is 0. The minimum atomic E-state index is -0.392. The molecule has 172 valence electrons. The van der Waals surface area contributed by atoms with Crippen LogP contribution < -0.4 is 22.1 Å². The summed E-state index contributed by atoms with van der Waals surface area (Å²) in [6, 6.07) is 7.70. The van der Waals surface area contributed by atoms with Crippen molar-refractivity contribution >= 4 is 17.7 Å². The Bertz CT molecular complexity index is 717. The first-order valence-electron chi connectivity index (χ1n) is 11.1. The Morgan fingerprint density at radius 2 is 1.77 bits per heavy atom. The summed E-state index contributed by atoms with van der Waals surface area (Å²) in [5.41, 5.74) is 12.7. The molecule has 0 radical (unpaired) electrons. The highest BCUT2D eigenvalue weighted by atomic mass is 16.5. The average molecular weight is 433 g/mol. The first-order valence-corrected chi connectivity index (χ1v) is 11.1. The second-order valence-corrected chi connectivity index (χ2v) is 8.28. The molecule has 3 amide bonds. The van der Waals surface area contributed by atoms with Gasteiger partial charge in [-0.3, -0.25) is 14.4 Å². The molecule has 1 aromatic rings. The smallest absolute Gasteiger partial charge is 0.237 e. The third-order valence-corrected chi connectivity index (χ3v) is 5.65. The highest BCUT2D eigenvalue weighted by Crippen LogP contribution is 2.14. The van der Waals surface area contributed by atoms with Crippen LogP contribution in [0.1, 0.15) is 63.0 Å². The van der Waals surface area contributed by atoms with E-state index in [2.05, 4.69) is 22.8 Å². The summed E-state index contributed by atoms with van der Waals surface area (Å²) < 4.78 is 6.01. The number of hydrogen-bond donors (Lipinski definition) is 4. The molecule has 0 aliphatic carbocycles. The fourth-order valence-electron chi connectivity index (χ4n) is 3.69. The van der Waals surface area contributed by atoms with Gasteiger partial charge in [-0.05, 0) is 63.1 Å². The Labute approximate surface area is 184 Å². The zero-order chi connectivity index (χ0) is 22.6. The van der Waals surface area contributed by atoms with E-state index < -0.39 is 5.91 Å². The van der Waals surface area contributed by atoms with Gasteiger partial charge in [-0.15, -0.1) is 0 Å². The van der Waals surface area contributed by atoms with Crippen molar-refractivity contribution in [3.8, 4) is 0 Å². The molecular weight excluding hydrogens is 396 g/mol. The number of ether oxygens (including phenoxy) is 1. The lowest BCUT2D eigenvalue weighted by molar-refractivity contribution is -0.125. The average Bonchev–Trinajstić information content (AvgIpc) is 3.28. The lowest BCUT2D eigenvalue weighted by Gasteiger charge is -2.26. The van der Waals surface area contributed by atoms with Crippen LogP contribution in [0.5, 0.6) is 0 Å². The number of carbonyl (C=O) groups excluding carboxylic acids is 3. The first kappa shape index (κ1) is 24.8. The molecule has 8 nitrogen and oxygen atoms in total. The Hall–Kier alpha value is -2.45. The number of hydrogen-bond acceptors (Lipinski definition) is 5. The number of aryl methyl sites for hydroxylation is 1. The lowest BCUT2D eigenvalue weighted by atomic mass is 10.0. The van der Waals surface area contributed by atoms with Gasteiger partial charge < -0.3 is 26.8 Å². The van der Waals surface area contributed by atoms with E-state index in [1.54, 1.807) is 0 Å². The summed E-state index contributed by atoms with van der Waals surface area (Å²) in [5, 5.41) is 6.21. The Morgan fingerprint density at radius 3 is 2.39 bits per heavy atom. The van der Waals surface area contributed by atoms with Crippen LogP contribution >= 0.6 is 0 Å². The Morgan fingerprint density at radius 1 is 1.10 bits per heavy atom. The van der Waals surface area contributed by atoms with Crippen molar-refractivity contribution in [3.63, 3.8) is 0 Å². The molecule has 0 saturated carbocycles. The van der Waals surface area contributed by atoms with E-state index in [-0.39, 0.29) is 36.4 Å². The molecule has 0 unspecified atom stereocenters. The summed E-state index contributed by atoms with van der Waals surface area (Å²) in [6.45, 7) is 3.16. The van der Waals surface area contributed by atoms with Gasteiger partial charge in [0.25, 0.3) is 0 Å². The molecule has 1 fully saturated rings. The van der Waals surface area contributed by atoms with Gasteiger partial charge in [0.15, 0.2) is 0 Å². The molecule has 31 heavy (non-hydrogen) atoms. The van der Waals surface area contributed by atoms with Crippen LogP contribution in [0.2, 0.25) is 0 Å². The maximum absolute atomic E-state index is 12.5. The van der Waals surface area contributed by atoms with Crippen LogP contribution in [0, 0.1) is 0 Å². The van der Waals surface area contributed by atoms with E-state index in [0.29, 0.717) is 19.4 Å². The topological polar surface area (TPSA) is 137 Å². The number of amides is 3. The normalized spacial score (nSPS) is 17.8. The van der Waals surface area contributed by atoms with Gasteiger partial charge in [-0.2, -0.15) is 0 Å². The van der Waals surface area contributed by atoms with Crippen molar-refractivity contribution in [3.05, 3.63) is 35.4 Å². The van der Waals surface area contributed by atoms with Crippen molar-refractivity contribution in [1.82, 2.24) is 10.6 Å². The number of primary amides is 2. The van der Waals surface area contributed by atoms with E-state index >= 15 is 0 Å². The summed E-state index contributed by atoms with van der Waals surface area (Å²) in [7, 11) is 0. The minimum absolute atomic E-state index is 0.0527. The lowest BCUT2D eigenvalue weighted by Crippen LogP contribution is -2.49. The number of unbranched alkanes of at least 4 members (excludes halogenated alkanes) is 1. The van der Waals surface area contributed by atoms with Crippen LogP contribution in [0.25, 0.3) is 0 Å². The van der Waals surface area contributed by atoms with Gasteiger partial charge >= 0.3 is 0 Å². The second-order valence-electron chi connectivity index (χ2n) is 8.28. The number of carbonyl (C=O) groups is 3. The summed E-state index contributed by atoms with van der Waals surface area (Å²) in [5.74, 6) is -0.702. The fraction of sp³-hybridized carbons (Fsp3) is 0.609. The van der Waals surface area contributed by atoms with E-state index in [1.807, 2.05) is 19.1 Å². The van der Waals surface area contributed by atoms with Gasteiger partial charge in [-0.1, -0.05) is 24.3 Å². The van der Waals surface area contributed by atoms with E-state index in [1.165, 1.54) is 5.56 Å². The van der Waals surface area contributed by atoms with E-state index in [9.17, 15) is 14.4 Å². The van der Waals surface area contributed by atoms with E-state index in [0.717, 1.165) is 44.2 Å². The Kier molecular flexibility index (Phi) is 10.5. The van der Waals surface area contributed by atoms with E-state index in [4.69, 9.17) is 16.2 Å². The maximum Gasteiger partial charge on any atom is 0.237 e. The number of rotatable bonds is 14. The molecule has 3 atom stereocenters. The monoisotopic (exact) mass is 432 g/mol. The second kappa shape index (κ2) is 13.1. The molecule has 0 spiro atoms. The zero-order valence-corrected chi connectivity index (χ0v) is 18.4. The highest BCUT2D eigenvalue weighted by molar-refractivity contribution is 5.82. The van der Waals surface area contributed by atoms with Crippen LogP contribution in [-0.2, 0) is 32.1 Å². The molecule has 1 aliphatic rings. The van der Waals surface area contributed by atoms with Gasteiger partial charge in [0.05, 0.1) is 24.8 Å². The maximum atomic E-state index is 12.5. The Balaban J connectivity index is 1.82. The van der Waals surface area contributed by atoms with Crippen LogP contribution in [0.4, 0.5) is 0 Å². The quantitative estimate of drug-likeness (QED) is 0.328. The third kappa shape index (κ3) is 9.48. The molecule has 1 aliphatic heterocycles. The van der Waals surface area contributed by atoms with Gasteiger partial charge in [0, 0.05) is 12.8 Å². The molecule has 6 N–H and O–H groups in total. The predicted molar refractivity (Wildman–Crippen MR) is 119 cm³/mol. The van der Waals surface area contributed by atoms with Crippen LogP contribution in [0.3, 0.4) is 0 Å². The van der Waals surface area contributed by atoms with Crippen molar-refractivity contribution in [2.75, 3.05) is 6.54 Å². The molecule has 8 heteroatoms. The fourth-order valence-corrected chi connectivity index (χ4v) is 3.69. The minimum Gasteiger partial charge on any atom is -0.372 e. The number of benzene rings is 1. The van der Waals surface area contributed by atoms with Crippen molar-refractivity contribution in [1.29, 1.82) is 0 Å². The first-order chi connectivity index (χ1) is 14.8. The molecule has 1 heterocycles. The number of nitrogens with two attached hydrogens (primary N) is 2. The zero-order valence-electron chi connectivity index (χ0n) is 18.4. The van der Waals surface area contributed by atoms with Crippen LogP contribution in [-0.4, -0.2) is 42.5 Å². The molecule has 0 aromatic heterocycles. The van der Waals surface area contributed by atoms with Gasteiger partial charge in [0.1, 0.15) is 0 Å². The SMILES string of the molecule is C[C@@H](OCc1ccc(CCCCC(N)=O)cc1)[C@H](CCC(N)=O)NC(=O)[C@@H]1CCCN1. The van der Waals surface area contributed by atoms with Crippen LogP contribution in [0.15, 0.2) is 24.3 Å². The molecule has 2 rings (SSSR count). The molecule has 1 saturated heterocycles. The van der Waals surface area contributed by atoms with Crippen molar-refractivity contribution in [2.24, 2.45) is 11.5 Å². The predicted octanol–water partition coefficient (Wildman–Crippen LogP) is 1.29. The molecular formula is C23H36N4O4. The third-order valence-electron chi connectivity index (χ3n) is 5.65. The van der Waals surface area contributed by atoms with Crippen molar-refractivity contribution < 1.29 is 19.1 Å². The highest BCUT2D eigenvalue weighted by Gasteiger charge is 2.27. The standard InChI is InChI=1S/C23H36N4O4/c1-16(19(12-13-22(25)29)27-23(30)20-6-4-14-26-20)31-15-18-10-8-17(9-11-18)5-2-3-7-21(24)28/h8-11,16,19-20,26H,2-7,12-15H2,1H3,(H2,24,28)(H2,25,29)(H,27,30)/t16-,19+,20+/m1/s1. The summed E-state index contributed by atoms with van der Waals surface area (Å²) in [6.07, 6.45) is 5.23. The van der Waals surface area contributed by atoms with Crippen molar-refractivity contribution in [2.45, 2.75) is 83.1 Å². The molecule has 0 bridgehead atoms. The largest absolute Gasteiger partial charge is 0.372 e.